The number of aryl methyl sites for hydroxylation is 1. The summed E-state index contributed by atoms with van der Waals surface area (Å²) in [5.41, 5.74) is 7.99. The molecule has 2 atom stereocenters. The van der Waals surface area contributed by atoms with E-state index in [0.717, 1.165) is 22.7 Å². The molecule has 0 saturated carbocycles. The van der Waals surface area contributed by atoms with Crippen LogP contribution < -0.4 is 20.6 Å². The molecular weight excluding hydrogens is 506 g/mol. The van der Waals surface area contributed by atoms with Crippen molar-refractivity contribution in [1.82, 2.24) is 19.8 Å². The smallest absolute Gasteiger partial charge is 0.286 e. The Hall–Kier alpha value is -3.91. The third kappa shape index (κ3) is 3.97. The fourth-order valence-corrected chi connectivity index (χ4v) is 6.23. The van der Waals surface area contributed by atoms with Crippen molar-refractivity contribution in [3.63, 3.8) is 0 Å². The number of hydrogen-bond acceptors (Lipinski definition) is 10. The Balaban J connectivity index is 1.38. The highest BCUT2D eigenvalue weighted by Gasteiger charge is 2.53. The number of nitrogens with one attached hydrogen (secondary N) is 1. The number of rotatable bonds is 7. The summed E-state index contributed by atoms with van der Waals surface area (Å²) in [6.07, 6.45) is 3.85. The van der Waals surface area contributed by atoms with Gasteiger partial charge in [0, 0.05) is 29.7 Å². The van der Waals surface area contributed by atoms with Gasteiger partial charge in [0.2, 0.25) is 0 Å². The highest BCUT2D eigenvalue weighted by Crippen LogP contribution is 2.40. The van der Waals surface area contributed by atoms with Gasteiger partial charge < -0.3 is 25.8 Å². The third-order valence-corrected chi connectivity index (χ3v) is 7.92. The molecule has 0 unspecified atom stereocenters. The Morgan fingerprint density at radius 3 is 2.92 bits per heavy atom. The van der Waals surface area contributed by atoms with Gasteiger partial charge in [0.25, 0.3) is 17.5 Å². The zero-order valence-electron chi connectivity index (χ0n) is 19.2. The molecule has 3 aromatic heterocycles. The zero-order valence-corrected chi connectivity index (χ0v) is 20.8. The van der Waals surface area contributed by atoms with Crippen molar-refractivity contribution in [2.45, 2.75) is 24.9 Å². The van der Waals surface area contributed by atoms with E-state index in [4.69, 9.17) is 10.6 Å². The SMILES string of the molecule is CO/N=C(\C(=O)N[C@@H]1C(=O)N2C(C(=O)[O-])=C(Cn3cc(C)[n+]4ccccc34)CS[C@@H]12)c1csc(N)n1. The summed E-state index contributed by atoms with van der Waals surface area (Å²) in [5.74, 6) is -2.32. The van der Waals surface area contributed by atoms with Gasteiger partial charge in [-0.2, -0.15) is 0 Å². The summed E-state index contributed by atoms with van der Waals surface area (Å²) < 4.78 is 3.93. The van der Waals surface area contributed by atoms with E-state index in [-0.39, 0.29) is 28.8 Å². The molecule has 0 bridgehead atoms. The molecule has 1 saturated heterocycles. The number of pyridine rings is 1. The van der Waals surface area contributed by atoms with Crippen LogP contribution in [0, 0.1) is 6.92 Å². The number of thioether (sulfide) groups is 1. The molecule has 36 heavy (non-hydrogen) atoms. The van der Waals surface area contributed by atoms with E-state index in [9.17, 15) is 19.5 Å². The van der Waals surface area contributed by atoms with Gasteiger partial charge in [-0.25, -0.2) is 14.0 Å². The molecule has 0 aromatic carbocycles. The Labute approximate surface area is 213 Å². The molecule has 1 fully saturated rings. The van der Waals surface area contributed by atoms with Gasteiger partial charge in [0.15, 0.2) is 10.8 Å². The zero-order chi connectivity index (χ0) is 25.6. The average Bonchev–Trinajstić information content (AvgIpc) is 3.43. The van der Waals surface area contributed by atoms with Crippen LogP contribution in [0.2, 0.25) is 0 Å². The highest BCUT2D eigenvalue weighted by atomic mass is 32.2. The number of amides is 2. The number of aromatic nitrogens is 3. The number of nitrogens with two attached hydrogens (primary N) is 1. The molecule has 2 amide bonds. The average molecular weight is 528 g/mol. The van der Waals surface area contributed by atoms with E-state index in [1.165, 1.54) is 23.8 Å². The van der Waals surface area contributed by atoms with Crippen LogP contribution in [0.3, 0.4) is 0 Å². The summed E-state index contributed by atoms with van der Waals surface area (Å²) in [6, 6.07) is 4.80. The number of β-lactam (4-membered cyclic amide) rings is 1. The predicted octanol–water partition coefficient (Wildman–Crippen LogP) is -0.971. The molecule has 0 radical (unpaired) electrons. The summed E-state index contributed by atoms with van der Waals surface area (Å²) in [4.78, 5) is 48.0. The molecule has 3 aromatic rings. The van der Waals surface area contributed by atoms with Crippen molar-refractivity contribution >= 4 is 57.4 Å². The van der Waals surface area contributed by atoms with Gasteiger partial charge in [-0.3, -0.25) is 14.5 Å². The van der Waals surface area contributed by atoms with Crippen molar-refractivity contribution in [3.8, 4) is 0 Å². The first-order chi connectivity index (χ1) is 17.3. The maximum atomic E-state index is 13.0. The number of carbonyl (C=O) groups excluding carboxylic acids is 3. The first-order valence-electron chi connectivity index (χ1n) is 10.8. The van der Waals surface area contributed by atoms with Crippen LogP contribution >= 0.6 is 23.1 Å². The highest BCUT2D eigenvalue weighted by molar-refractivity contribution is 8.00. The molecule has 5 heterocycles. The Morgan fingerprint density at radius 1 is 1.42 bits per heavy atom. The van der Waals surface area contributed by atoms with E-state index in [1.807, 2.05) is 46.5 Å². The fraction of sp³-hybridized carbons (Fsp3) is 0.273. The second-order valence-electron chi connectivity index (χ2n) is 8.12. The minimum Gasteiger partial charge on any atom is -0.543 e. The molecule has 5 rings (SSSR count). The molecule has 12 nitrogen and oxygen atoms in total. The summed E-state index contributed by atoms with van der Waals surface area (Å²) in [6.45, 7) is 2.23. The van der Waals surface area contributed by atoms with Crippen LogP contribution in [0.15, 0.2) is 52.4 Å². The lowest BCUT2D eigenvalue weighted by atomic mass is 10.0. The largest absolute Gasteiger partial charge is 0.543 e. The predicted molar refractivity (Wildman–Crippen MR) is 129 cm³/mol. The van der Waals surface area contributed by atoms with E-state index in [1.54, 1.807) is 5.38 Å². The molecule has 2 aliphatic rings. The number of fused-ring (bicyclic) bond motifs is 2. The van der Waals surface area contributed by atoms with Crippen molar-refractivity contribution < 1.29 is 28.7 Å². The quantitative estimate of drug-likeness (QED) is 0.172. The van der Waals surface area contributed by atoms with Crippen LogP contribution in [0.1, 0.15) is 11.4 Å². The maximum Gasteiger partial charge on any atom is 0.286 e. The number of aliphatic carboxylic acids is 1. The third-order valence-electron chi connectivity index (χ3n) is 5.91. The monoisotopic (exact) mass is 527 g/mol. The minimum atomic E-state index is -1.44. The van der Waals surface area contributed by atoms with Crippen LogP contribution in [-0.2, 0) is 25.8 Å². The normalized spacial score (nSPS) is 19.8. The molecule has 0 aliphatic carbocycles. The molecule has 3 N–H and O–H groups in total. The second-order valence-corrected chi connectivity index (χ2v) is 10.1. The van der Waals surface area contributed by atoms with Crippen LogP contribution in [0.5, 0.6) is 0 Å². The van der Waals surface area contributed by atoms with E-state index >= 15 is 0 Å². The lowest BCUT2D eigenvalue weighted by molar-refractivity contribution is -0.518. The second kappa shape index (κ2) is 9.28. The number of nitrogen functional groups attached to an aromatic ring is 1. The number of thiazole rings is 1. The fourth-order valence-electron chi connectivity index (χ4n) is 4.35. The Bertz CT molecular complexity index is 1460. The summed E-state index contributed by atoms with van der Waals surface area (Å²) >= 11 is 2.50. The number of carboxylic acid groups (broad SMARTS) is 1. The van der Waals surface area contributed by atoms with Crippen molar-refractivity contribution in [2.75, 3.05) is 18.6 Å². The molecular formula is C22H21N7O5S2. The van der Waals surface area contributed by atoms with Gasteiger partial charge in [0.1, 0.15) is 42.7 Å². The van der Waals surface area contributed by atoms with Gasteiger partial charge in [0.05, 0.1) is 17.9 Å². The topological polar surface area (TPSA) is 159 Å². The standard InChI is InChI=1S/C22H21N7O5S2/c1-11-7-27(14-5-3-4-6-28(11)14)8-12-9-35-20-16(19(31)29(20)17(12)21(32)33)25-18(30)15(26-34-2)13-10-36-22(23)24-13/h3-7,10,16,20H,8-9H2,1-2H3,(H3-,23,24,25,30,32,33)/b26-15-/t16-,20+/m1/s1. The van der Waals surface area contributed by atoms with Crippen molar-refractivity contribution in [2.24, 2.45) is 5.16 Å². The van der Waals surface area contributed by atoms with Crippen LogP contribution in [0.4, 0.5) is 5.13 Å². The lowest BCUT2D eigenvalue weighted by Gasteiger charge is -2.50. The van der Waals surface area contributed by atoms with E-state index < -0.39 is 29.2 Å². The van der Waals surface area contributed by atoms with E-state index in [0.29, 0.717) is 11.3 Å². The molecule has 0 spiro atoms. The molecule has 2 aliphatic heterocycles. The van der Waals surface area contributed by atoms with Crippen LogP contribution in [-0.4, -0.2) is 62.2 Å². The number of carbonyl (C=O) groups is 3. The number of imidazole rings is 1. The Kier molecular flexibility index (Phi) is 6.14. The lowest BCUT2D eigenvalue weighted by Crippen LogP contribution is -2.71. The van der Waals surface area contributed by atoms with Gasteiger partial charge in [-0.05, 0) is 6.07 Å². The van der Waals surface area contributed by atoms with Crippen molar-refractivity contribution in [3.05, 3.63) is 58.6 Å². The van der Waals surface area contributed by atoms with Gasteiger partial charge in [-0.15, -0.1) is 23.1 Å². The molecule has 186 valence electrons. The minimum absolute atomic E-state index is 0.138. The maximum absolute atomic E-state index is 13.0. The van der Waals surface area contributed by atoms with Gasteiger partial charge >= 0.3 is 0 Å². The van der Waals surface area contributed by atoms with E-state index in [2.05, 4.69) is 15.5 Å². The summed E-state index contributed by atoms with van der Waals surface area (Å²) in [7, 11) is 1.28. The first kappa shape index (κ1) is 23.8. The van der Waals surface area contributed by atoms with Crippen molar-refractivity contribution in [1.29, 1.82) is 0 Å². The number of anilines is 1. The Morgan fingerprint density at radius 2 is 2.22 bits per heavy atom. The summed E-state index contributed by atoms with van der Waals surface area (Å²) in [5, 5.41) is 19.7. The number of oxime groups is 1. The molecule has 14 heteroatoms. The van der Waals surface area contributed by atoms with Crippen LogP contribution in [0.25, 0.3) is 5.65 Å². The number of hydrogen-bond donors (Lipinski definition) is 2. The first-order valence-corrected chi connectivity index (χ1v) is 12.7. The number of carboxylic acids is 1. The number of nitrogens with zero attached hydrogens (tertiary/aromatic N) is 5. The van der Waals surface area contributed by atoms with Gasteiger partial charge in [-0.1, -0.05) is 11.2 Å².